The summed E-state index contributed by atoms with van der Waals surface area (Å²) in [5, 5.41) is 0.944. The van der Waals surface area contributed by atoms with Crippen LogP contribution in [0.4, 0.5) is 0 Å². The Morgan fingerprint density at radius 3 is 1.89 bits per heavy atom. The van der Waals surface area contributed by atoms with E-state index in [1.54, 1.807) is 0 Å². The molecule has 1 saturated carbocycles. The van der Waals surface area contributed by atoms with Crippen molar-refractivity contribution in [2.24, 2.45) is 0 Å². The summed E-state index contributed by atoms with van der Waals surface area (Å²) in [5.74, 6) is 0. The zero-order chi connectivity index (χ0) is 5.98. The molecule has 0 aromatic heterocycles. The summed E-state index contributed by atoms with van der Waals surface area (Å²) in [6.45, 7) is 0. The number of alkyl halides is 1. The van der Waals surface area contributed by atoms with E-state index in [0.717, 1.165) is 25.7 Å². The molecule has 0 saturated heterocycles. The molecule has 0 atom stereocenters. The van der Waals surface area contributed by atoms with Gasteiger partial charge in [0.1, 0.15) is 0 Å². The second-order valence-corrected chi connectivity index (χ2v) is 3.66. The van der Waals surface area contributed by atoms with Crippen LogP contribution in [-0.2, 0) is 12.6 Å². The molecule has 0 aromatic carbocycles. The van der Waals surface area contributed by atoms with Crippen LogP contribution in [0.25, 0.3) is 0 Å². The minimum Gasteiger partial charge on any atom is -0.789 e. The Kier molecular flexibility index (Phi) is 5.65. The van der Waals surface area contributed by atoms with Gasteiger partial charge in [-0.25, -0.2) is 0 Å². The molecule has 0 aliphatic heterocycles. The molecule has 0 heterocycles. The van der Waals surface area contributed by atoms with Crippen LogP contribution in [0.1, 0.15) is 25.7 Å². The van der Waals surface area contributed by atoms with Gasteiger partial charge in [0.25, 0.3) is 0 Å². The van der Waals surface area contributed by atoms with Gasteiger partial charge in [-0.1, -0.05) is 12.8 Å². The van der Waals surface area contributed by atoms with Gasteiger partial charge in [0.05, 0.1) is 0 Å². The van der Waals surface area contributed by atoms with E-state index in [4.69, 9.17) is 24.2 Å². The van der Waals surface area contributed by atoms with Gasteiger partial charge in [0.2, 0.25) is 0 Å². The van der Waals surface area contributed by atoms with Crippen molar-refractivity contribution in [1.82, 2.24) is 0 Å². The molecule has 0 aromatic rings. The molecular weight excluding hydrogens is 147 g/mol. The van der Waals surface area contributed by atoms with E-state index in [-0.39, 0.29) is 18.9 Å². The van der Waals surface area contributed by atoms with Crippen LogP contribution in [0.2, 0.25) is 0 Å². The monoisotopic (exact) mass is 156 g/mol. The van der Waals surface area contributed by atoms with Crippen molar-refractivity contribution in [3.63, 3.8) is 0 Å². The fourth-order valence-corrected chi connectivity index (χ4v) is 1.55. The first kappa shape index (κ1) is 10.2. The normalized spacial score (nSPS) is 35.3. The van der Waals surface area contributed by atoms with E-state index in [9.17, 15) is 0 Å². The summed E-state index contributed by atoms with van der Waals surface area (Å²) in [5.41, 5.74) is 0. The van der Waals surface area contributed by atoms with Crippen molar-refractivity contribution in [1.29, 1.82) is 0 Å². The van der Waals surface area contributed by atoms with Crippen LogP contribution < -0.4 is 18.9 Å². The summed E-state index contributed by atoms with van der Waals surface area (Å²) in [6, 6.07) is 0. The first-order chi connectivity index (χ1) is 3.79. The van der Waals surface area contributed by atoms with Crippen molar-refractivity contribution in [2.45, 2.75) is 36.3 Å². The number of hydrogen-bond donors (Lipinski definition) is 0. The van der Waals surface area contributed by atoms with E-state index < -0.39 is 0 Å². The largest absolute Gasteiger partial charge is 1.00 e. The standard InChI is InChI=1S/C6H11ClS.Li/c7-5-1-3-6(8)4-2-5;/h5-6,8H,1-4H2;/q;+1/p-1. The fourth-order valence-electron chi connectivity index (χ4n) is 1.02. The second-order valence-electron chi connectivity index (χ2n) is 2.37. The predicted octanol–water partition coefficient (Wildman–Crippen LogP) is -0.913. The zero-order valence-corrected chi connectivity index (χ0v) is 7.34. The van der Waals surface area contributed by atoms with Gasteiger partial charge in [-0.05, 0) is 12.8 Å². The second kappa shape index (κ2) is 4.96. The molecular formula is C6H10ClLiS. The number of halogens is 1. The quantitative estimate of drug-likeness (QED) is 0.249. The molecule has 9 heavy (non-hydrogen) atoms. The Labute approximate surface area is 79.3 Å². The summed E-state index contributed by atoms with van der Waals surface area (Å²) in [4.78, 5) is 0. The topological polar surface area (TPSA) is 0 Å². The van der Waals surface area contributed by atoms with Crippen molar-refractivity contribution >= 4 is 24.2 Å². The predicted molar refractivity (Wildman–Crippen MR) is 39.3 cm³/mol. The summed E-state index contributed by atoms with van der Waals surface area (Å²) in [7, 11) is 0. The van der Waals surface area contributed by atoms with Gasteiger partial charge in [-0.2, -0.15) is 5.25 Å². The SMILES string of the molecule is [Li+].[S-]C1CCC(Cl)CC1. The van der Waals surface area contributed by atoms with Crippen LogP contribution in [0, 0.1) is 0 Å². The minimum atomic E-state index is 0. The molecule has 1 rings (SSSR count). The average Bonchev–Trinajstić information content (AvgIpc) is 1.77. The van der Waals surface area contributed by atoms with E-state index in [1.165, 1.54) is 0 Å². The first-order valence-electron chi connectivity index (χ1n) is 3.09. The van der Waals surface area contributed by atoms with Crippen LogP contribution in [0.3, 0.4) is 0 Å². The number of hydrogen-bond acceptors (Lipinski definition) is 1. The molecule has 1 fully saturated rings. The molecule has 0 radical (unpaired) electrons. The maximum Gasteiger partial charge on any atom is 1.00 e. The molecule has 48 valence electrons. The Bertz CT molecular complexity index is 61.5. The summed E-state index contributed by atoms with van der Waals surface area (Å²) in [6.07, 6.45) is 4.58. The van der Waals surface area contributed by atoms with E-state index in [2.05, 4.69) is 0 Å². The van der Waals surface area contributed by atoms with Crippen LogP contribution in [0.5, 0.6) is 0 Å². The van der Waals surface area contributed by atoms with Crippen molar-refractivity contribution in [3.05, 3.63) is 0 Å². The maximum atomic E-state index is 5.84. The molecule has 0 nitrogen and oxygen atoms in total. The zero-order valence-electron chi connectivity index (χ0n) is 5.77. The third-order valence-corrected chi connectivity index (χ3v) is 2.51. The Hall–Kier alpha value is 1.24. The van der Waals surface area contributed by atoms with Crippen LogP contribution in [0.15, 0.2) is 0 Å². The molecule has 3 heteroatoms. The molecule has 0 bridgehead atoms. The van der Waals surface area contributed by atoms with Crippen molar-refractivity contribution in [3.8, 4) is 0 Å². The van der Waals surface area contributed by atoms with E-state index in [0.29, 0.717) is 10.6 Å². The molecule has 0 unspecified atom stereocenters. The van der Waals surface area contributed by atoms with Gasteiger partial charge >= 0.3 is 18.9 Å². The molecule has 1 aliphatic carbocycles. The molecule has 0 spiro atoms. The van der Waals surface area contributed by atoms with Gasteiger partial charge in [-0.15, -0.1) is 11.6 Å². The fraction of sp³-hybridized carbons (Fsp3) is 1.00. The minimum absolute atomic E-state index is 0. The van der Waals surface area contributed by atoms with Crippen LogP contribution >= 0.6 is 11.6 Å². The van der Waals surface area contributed by atoms with E-state index in [1.807, 2.05) is 0 Å². The third kappa shape index (κ3) is 3.83. The van der Waals surface area contributed by atoms with Crippen molar-refractivity contribution < 1.29 is 18.9 Å². The molecule has 0 N–H and O–H groups in total. The van der Waals surface area contributed by atoms with Gasteiger partial charge in [-0.3, -0.25) is 0 Å². The van der Waals surface area contributed by atoms with E-state index >= 15 is 0 Å². The molecule has 0 amide bonds. The number of rotatable bonds is 0. The van der Waals surface area contributed by atoms with Crippen molar-refractivity contribution in [2.75, 3.05) is 0 Å². The van der Waals surface area contributed by atoms with Gasteiger partial charge in [0.15, 0.2) is 0 Å². The molecule has 1 aliphatic rings. The summed E-state index contributed by atoms with van der Waals surface area (Å²) >= 11 is 10.9. The maximum absolute atomic E-state index is 5.84. The average molecular weight is 157 g/mol. The third-order valence-electron chi connectivity index (χ3n) is 1.60. The summed E-state index contributed by atoms with van der Waals surface area (Å²) < 4.78 is 0. The van der Waals surface area contributed by atoms with Crippen LogP contribution in [-0.4, -0.2) is 10.6 Å². The Balaban J connectivity index is 0.000000640. The van der Waals surface area contributed by atoms with Gasteiger partial charge in [0, 0.05) is 5.38 Å². The van der Waals surface area contributed by atoms with Gasteiger partial charge < -0.3 is 12.6 Å². The smallest absolute Gasteiger partial charge is 0.789 e. The Morgan fingerprint density at radius 2 is 1.56 bits per heavy atom. The Morgan fingerprint density at radius 1 is 1.11 bits per heavy atom. The first-order valence-corrected chi connectivity index (χ1v) is 3.99.